The maximum atomic E-state index is 11.6. The van der Waals surface area contributed by atoms with Gasteiger partial charge in [0.2, 0.25) is 0 Å². The minimum Gasteiger partial charge on any atom is -0.443 e. The molecule has 0 aromatic rings. The van der Waals surface area contributed by atoms with Crippen LogP contribution in [0.2, 0.25) is 0 Å². The van der Waals surface area contributed by atoms with Gasteiger partial charge in [0, 0.05) is 11.8 Å². The first kappa shape index (κ1) is 11.6. The van der Waals surface area contributed by atoms with E-state index in [4.69, 9.17) is 10.5 Å². The van der Waals surface area contributed by atoms with Crippen LogP contribution in [0, 0.1) is 0 Å². The summed E-state index contributed by atoms with van der Waals surface area (Å²) in [6.45, 7) is 6.91. The van der Waals surface area contributed by atoms with E-state index < -0.39 is 23.6 Å². The molecule has 5 heteroatoms. The Labute approximate surface area is 88.9 Å². The van der Waals surface area contributed by atoms with Crippen molar-refractivity contribution < 1.29 is 14.3 Å². The zero-order chi connectivity index (χ0) is 11.8. The molecule has 0 spiro atoms. The molecule has 1 atom stereocenters. The standard InChI is InChI=1S/C10H16N2O3/c1-6-7(11)5-8(13)12(6)9(14)15-10(2,3)4/h5-6H,11H2,1-4H3. The number of nitrogens with two attached hydrogens (primary N) is 1. The Balaban J connectivity index is 2.75. The Hall–Kier alpha value is -1.52. The summed E-state index contributed by atoms with van der Waals surface area (Å²) in [5.41, 5.74) is 5.32. The summed E-state index contributed by atoms with van der Waals surface area (Å²) in [5, 5.41) is 0. The molecular formula is C10H16N2O3. The predicted octanol–water partition coefficient (Wildman–Crippen LogP) is 0.995. The summed E-state index contributed by atoms with van der Waals surface area (Å²) >= 11 is 0. The number of hydrogen-bond donors (Lipinski definition) is 1. The van der Waals surface area contributed by atoms with Crippen molar-refractivity contribution in [2.75, 3.05) is 0 Å². The number of imide groups is 1. The molecular weight excluding hydrogens is 196 g/mol. The predicted molar refractivity (Wildman–Crippen MR) is 54.8 cm³/mol. The Morgan fingerprint density at radius 1 is 1.53 bits per heavy atom. The first-order valence-electron chi connectivity index (χ1n) is 4.75. The third-order valence-corrected chi connectivity index (χ3v) is 1.99. The lowest BCUT2D eigenvalue weighted by Gasteiger charge is -2.26. The van der Waals surface area contributed by atoms with Gasteiger partial charge < -0.3 is 10.5 Å². The van der Waals surface area contributed by atoms with Gasteiger partial charge in [-0.15, -0.1) is 0 Å². The molecule has 1 aliphatic heterocycles. The molecule has 0 bridgehead atoms. The SMILES string of the molecule is CC1C(N)=CC(=O)N1C(=O)OC(C)(C)C. The van der Waals surface area contributed by atoms with Crippen LogP contribution < -0.4 is 5.73 Å². The van der Waals surface area contributed by atoms with Crippen LogP contribution in [0.1, 0.15) is 27.7 Å². The van der Waals surface area contributed by atoms with Gasteiger partial charge >= 0.3 is 6.09 Å². The van der Waals surface area contributed by atoms with Crippen LogP contribution in [0.25, 0.3) is 0 Å². The first-order valence-corrected chi connectivity index (χ1v) is 4.75. The molecule has 1 aliphatic rings. The van der Waals surface area contributed by atoms with Crippen molar-refractivity contribution in [2.45, 2.75) is 39.3 Å². The Morgan fingerprint density at radius 3 is 2.40 bits per heavy atom. The largest absolute Gasteiger partial charge is 0.443 e. The zero-order valence-electron chi connectivity index (χ0n) is 9.40. The molecule has 5 nitrogen and oxygen atoms in total. The summed E-state index contributed by atoms with van der Waals surface area (Å²) in [7, 11) is 0. The highest BCUT2D eigenvalue weighted by Crippen LogP contribution is 2.19. The molecule has 15 heavy (non-hydrogen) atoms. The molecule has 1 unspecified atom stereocenters. The van der Waals surface area contributed by atoms with Gasteiger partial charge in [-0.1, -0.05) is 0 Å². The highest BCUT2D eigenvalue weighted by Gasteiger charge is 2.35. The highest BCUT2D eigenvalue weighted by molar-refractivity contribution is 6.02. The van der Waals surface area contributed by atoms with Gasteiger partial charge in [-0.2, -0.15) is 0 Å². The van der Waals surface area contributed by atoms with E-state index in [2.05, 4.69) is 0 Å². The molecule has 1 heterocycles. The van der Waals surface area contributed by atoms with Gasteiger partial charge in [0.1, 0.15) is 5.60 Å². The average molecular weight is 212 g/mol. The molecule has 0 fully saturated rings. The van der Waals surface area contributed by atoms with Crippen molar-refractivity contribution in [3.05, 3.63) is 11.8 Å². The van der Waals surface area contributed by atoms with Crippen molar-refractivity contribution in [2.24, 2.45) is 5.73 Å². The van der Waals surface area contributed by atoms with E-state index in [1.165, 1.54) is 6.08 Å². The molecule has 0 aliphatic carbocycles. The van der Waals surface area contributed by atoms with Gasteiger partial charge in [-0.25, -0.2) is 9.69 Å². The van der Waals surface area contributed by atoms with Gasteiger partial charge in [0.05, 0.1) is 6.04 Å². The van der Waals surface area contributed by atoms with Crippen LogP contribution in [0.4, 0.5) is 4.79 Å². The fourth-order valence-corrected chi connectivity index (χ4v) is 1.23. The van der Waals surface area contributed by atoms with Crippen molar-refractivity contribution in [3.8, 4) is 0 Å². The van der Waals surface area contributed by atoms with Gasteiger partial charge in [-0.05, 0) is 27.7 Å². The van der Waals surface area contributed by atoms with Crippen LogP contribution in [-0.2, 0) is 9.53 Å². The highest BCUT2D eigenvalue weighted by atomic mass is 16.6. The maximum Gasteiger partial charge on any atom is 0.417 e. The van der Waals surface area contributed by atoms with Crippen LogP contribution in [0.3, 0.4) is 0 Å². The second-order valence-electron chi connectivity index (χ2n) is 4.51. The number of carbonyl (C=O) groups excluding carboxylic acids is 2. The van der Waals surface area contributed by atoms with E-state index in [9.17, 15) is 9.59 Å². The average Bonchev–Trinajstić information content (AvgIpc) is 2.22. The van der Waals surface area contributed by atoms with Crippen LogP contribution in [-0.4, -0.2) is 28.5 Å². The van der Waals surface area contributed by atoms with E-state index in [-0.39, 0.29) is 0 Å². The summed E-state index contributed by atoms with van der Waals surface area (Å²) in [5.74, 6) is -0.422. The number of nitrogens with zero attached hydrogens (tertiary/aromatic N) is 1. The van der Waals surface area contributed by atoms with Crippen molar-refractivity contribution in [3.63, 3.8) is 0 Å². The van der Waals surface area contributed by atoms with Gasteiger partial charge in [0.25, 0.3) is 5.91 Å². The summed E-state index contributed by atoms with van der Waals surface area (Å²) in [6.07, 6.45) is 0.589. The fourth-order valence-electron chi connectivity index (χ4n) is 1.23. The third kappa shape index (κ3) is 2.49. The van der Waals surface area contributed by atoms with Crippen LogP contribution >= 0.6 is 0 Å². The molecule has 2 N–H and O–H groups in total. The molecule has 1 rings (SSSR count). The maximum absolute atomic E-state index is 11.6. The zero-order valence-corrected chi connectivity index (χ0v) is 9.40. The fraction of sp³-hybridized carbons (Fsp3) is 0.600. The molecule has 0 radical (unpaired) electrons. The summed E-state index contributed by atoms with van der Waals surface area (Å²) < 4.78 is 5.09. The van der Waals surface area contributed by atoms with Crippen molar-refractivity contribution >= 4 is 12.0 Å². The quantitative estimate of drug-likeness (QED) is 0.650. The van der Waals surface area contributed by atoms with Gasteiger partial charge in [0.15, 0.2) is 0 Å². The van der Waals surface area contributed by atoms with Crippen LogP contribution in [0.15, 0.2) is 11.8 Å². The van der Waals surface area contributed by atoms with Crippen molar-refractivity contribution in [1.82, 2.24) is 4.90 Å². The molecule has 0 saturated heterocycles. The lowest BCUT2D eigenvalue weighted by atomic mass is 10.2. The Morgan fingerprint density at radius 2 is 2.07 bits per heavy atom. The topological polar surface area (TPSA) is 72.6 Å². The van der Waals surface area contributed by atoms with E-state index in [0.29, 0.717) is 5.70 Å². The number of amides is 2. The van der Waals surface area contributed by atoms with Crippen LogP contribution in [0.5, 0.6) is 0 Å². The monoisotopic (exact) mass is 212 g/mol. The van der Waals surface area contributed by atoms with Gasteiger partial charge in [-0.3, -0.25) is 4.79 Å². The second kappa shape index (κ2) is 3.56. The molecule has 0 aromatic carbocycles. The second-order valence-corrected chi connectivity index (χ2v) is 4.51. The summed E-state index contributed by atoms with van der Waals surface area (Å²) in [6, 6.07) is -0.424. The number of hydrogen-bond acceptors (Lipinski definition) is 4. The molecule has 0 aromatic heterocycles. The number of carbonyl (C=O) groups is 2. The Bertz CT molecular complexity index is 328. The minimum atomic E-state index is -0.656. The minimum absolute atomic E-state index is 0.380. The normalized spacial score (nSPS) is 21.6. The molecule has 2 amide bonds. The Kier molecular flexibility index (Phi) is 2.75. The van der Waals surface area contributed by atoms with Crippen molar-refractivity contribution in [1.29, 1.82) is 0 Å². The smallest absolute Gasteiger partial charge is 0.417 e. The molecule has 0 saturated carbocycles. The third-order valence-electron chi connectivity index (χ3n) is 1.99. The summed E-state index contributed by atoms with van der Waals surface area (Å²) in [4.78, 5) is 24.0. The lowest BCUT2D eigenvalue weighted by molar-refractivity contribution is -0.125. The van der Waals surface area contributed by atoms with E-state index in [1.54, 1.807) is 27.7 Å². The van der Waals surface area contributed by atoms with E-state index in [0.717, 1.165) is 4.90 Å². The lowest BCUT2D eigenvalue weighted by Crippen LogP contribution is -2.43. The van der Waals surface area contributed by atoms with E-state index >= 15 is 0 Å². The number of ether oxygens (including phenoxy) is 1. The molecule has 84 valence electrons. The number of rotatable bonds is 0. The first-order chi connectivity index (χ1) is 6.72. The van der Waals surface area contributed by atoms with E-state index in [1.807, 2.05) is 0 Å².